The van der Waals surface area contributed by atoms with Gasteiger partial charge in [-0.15, -0.1) is 0 Å². The fraction of sp³-hybridized carbons (Fsp3) is 0.0645. The number of benzene rings is 4. The summed E-state index contributed by atoms with van der Waals surface area (Å²) in [4.78, 5) is 2.32. The maximum atomic E-state index is 9.61. The molecular weight excluding hydrogens is 448 g/mol. The number of hydrogen-bond acceptors (Lipinski definition) is 3. The predicted octanol–water partition coefficient (Wildman–Crippen LogP) is 7.17. The van der Waals surface area contributed by atoms with E-state index in [2.05, 4.69) is 108 Å². The lowest BCUT2D eigenvalue weighted by molar-refractivity contribution is -0.642. The third-order valence-electron chi connectivity index (χ3n) is 6.50. The summed E-state index contributed by atoms with van der Waals surface area (Å²) in [6, 6.07) is 33.2. The molecule has 0 bridgehead atoms. The van der Waals surface area contributed by atoms with Crippen LogP contribution in [0.4, 0.5) is 5.69 Å². The van der Waals surface area contributed by atoms with Crippen LogP contribution in [0.5, 0.6) is 5.75 Å². The molecule has 3 nitrogen and oxygen atoms in total. The second kappa shape index (κ2) is 8.90. The Bertz CT molecular complexity index is 1580. The van der Waals surface area contributed by atoms with Gasteiger partial charge in [-0.25, -0.2) is 0 Å². The number of para-hydroxylation sites is 1. The molecule has 0 saturated carbocycles. The third kappa shape index (κ3) is 4.13. The molecular formula is C31H25N2OS+. The normalized spacial score (nSPS) is 14.0. The number of aromatic hydroxyl groups is 1. The first-order valence-corrected chi connectivity index (χ1v) is 12.5. The van der Waals surface area contributed by atoms with E-state index in [4.69, 9.17) is 0 Å². The first kappa shape index (κ1) is 21.4. The highest BCUT2D eigenvalue weighted by Crippen LogP contribution is 2.36. The number of anilines is 1. The quantitative estimate of drug-likeness (QED) is 0.280. The van der Waals surface area contributed by atoms with Gasteiger partial charge in [0.1, 0.15) is 17.5 Å². The van der Waals surface area contributed by atoms with Crippen molar-refractivity contribution in [1.82, 2.24) is 0 Å². The van der Waals surface area contributed by atoms with Gasteiger partial charge in [-0.05, 0) is 58.7 Å². The van der Waals surface area contributed by atoms with Crippen LogP contribution in [0, 0.1) is 0 Å². The monoisotopic (exact) mass is 473 g/mol. The van der Waals surface area contributed by atoms with Crippen molar-refractivity contribution in [2.24, 2.45) is 7.05 Å². The largest absolute Gasteiger partial charge is 0.508 e. The predicted molar refractivity (Wildman–Crippen MR) is 146 cm³/mol. The molecule has 5 aromatic rings. The van der Waals surface area contributed by atoms with E-state index in [1.165, 1.54) is 37.6 Å². The summed E-state index contributed by atoms with van der Waals surface area (Å²) in [6.07, 6.45) is 6.70. The Morgan fingerprint density at radius 2 is 1.60 bits per heavy atom. The van der Waals surface area contributed by atoms with Crippen molar-refractivity contribution in [2.75, 3.05) is 4.90 Å². The first-order chi connectivity index (χ1) is 17.2. The molecule has 1 aromatic heterocycles. The molecule has 0 fully saturated rings. The Balaban J connectivity index is 1.37. The van der Waals surface area contributed by atoms with Crippen LogP contribution in [0.3, 0.4) is 0 Å². The third-order valence-corrected chi connectivity index (χ3v) is 7.65. The van der Waals surface area contributed by atoms with Gasteiger partial charge in [0.2, 0.25) is 5.52 Å². The molecule has 0 atom stereocenters. The number of aromatic nitrogens is 1. The van der Waals surface area contributed by atoms with Crippen LogP contribution in [0.25, 0.3) is 33.0 Å². The van der Waals surface area contributed by atoms with E-state index in [1.54, 1.807) is 23.5 Å². The lowest BCUT2D eigenvalue weighted by atomic mass is 9.99. The SMILES string of the molecule is C[n+]1c(C=C2C=CN(Cc3ccccc3)c3ccccc32)sc2cc(-c3ccc(O)cc3)ccc21. The zero-order valence-corrected chi connectivity index (χ0v) is 20.2. The lowest BCUT2D eigenvalue weighted by Crippen LogP contribution is -2.29. The molecule has 4 aromatic carbocycles. The van der Waals surface area contributed by atoms with Crippen LogP contribution in [0.2, 0.25) is 0 Å². The Labute approximate surface area is 209 Å². The van der Waals surface area contributed by atoms with E-state index in [0.29, 0.717) is 0 Å². The van der Waals surface area contributed by atoms with Crippen LogP contribution in [0.15, 0.2) is 109 Å². The van der Waals surface area contributed by atoms with E-state index in [9.17, 15) is 5.11 Å². The van der Waals surface area contributed by atoms with Gasteiger partial charge in [0.25, 0.3) is 5.01 Å². The van der Waals surface area contributed by atoms with Gasteiger partial charge in [0.05, 0.1) is 0 Å². The van der Waals surface area contributed by atoms with Gasteiger partial charge >= 0.3 is 0 Å². The van der Waals surface area contributed by atoms with Crippen LogP contribution < -0.4 is 9.47 Å². The maximum absolute atomic E-state index is 9.61. The fourth-order valence-corrected chi connectivity index (χ4v) is 5.76. The molecule has 170 valence electrons. The summed E-state index contributed by atoms with van der Waals surface area (Å²) in [5.74, 6) is 0.286. The molecule has 0 amide bonds. The summed E-state index contributed by atoms with van der Waals surface area (Å²) in [5.41, 5.74) is 8.44. The second-order valence-corrected chi connectivity index (χ2v) is 9.84. The highest BCUT2D eigenvalue weighted by Gasteiger charge is 2.20. The Hall–Kier alpha value is -4.15. The van der Waals surface area contributed by atoms with Gasteiger partial charge in [-0.2, -0.15) is 4.57 Å². The number of phenols is 1. The molecule has 0 aliphatic carbocycles. The minimum atomic E-state index is 0.286. The molecule has 1 aliphatic heterocycles. The number of hydrogen-bond donors (Lipinski definition) is 1. The molecule has 4 heteroatoms. The molecule has 6 rings (SSSR count). The first-order valence-electron chi connectivity index (χ1n) is 11.7. The smallest absolute Gasteiger partial charge is 0.263 e. The van der Waals surface area contributed by atoms with Gasteiger partial charge < -0.3 is 10.0 Å². The standard InChI is InChI=1S/C31H24N2OS/c1-32-29-16-13-24(23-11-14-26(34)15-12-23)19-30(29)35-31(32)20-25-17-18-33(21-22-7-3-2-4-8-22)28-10-6-5-9-27(25)28/h2-20H,21H2,1H3/p+1. The van der Waals surface area contributed by atoms with Crippen LogP contribution in [0.1, 0.15) is 16.1 Å². The topological polar surface area (TPSA) is 27.4 Å². The highest BCUT2D eigenvalue weighted by molar-refractivity contribution is 7.19. The summed E-state index contributed by atoms with van der Waals surface area (Å²) in [6.45, 7) is 0.846. The van der Waals surface area contributed by atoms with Crippen molar-refractivity contribution in [1.29, 1.82) is 0 Å². The number of nitrogens with zero attached hydrogens (tertiary/aromatic N) is 2. The van der Waals surface area contributed by atoms with E-state index in [0.717, 1.165) is 17.7 Å². The second-order valence-electron chi connectivity index (χ2n) is 8.77. The summed E-state index contributed by atoms with van der Waals surface area (Å²) >= 11 is 1.80. The van der Waals surface area contributed by atoms with Crippen molar-refractivity contribution >= 4 is 38.9 Å². The molecule has 0 spiro atoms. The minimum absolute atomic E-state index is 0.286. The van der Waals surface area contributed by atoms with E-state index < -0.39 is 0 Å². The van der Waals surface area contributed by atoms with Crippen LogP contribution in [-0.4, -0.2) is 5.11 Å². The number of allylic oxidation sites excluding steroid dienone is 2. The number of phenolic OH excluding ortho intramolecular Hbond substituents is 1. The van der Waals surface area contributed by atoms with Crippen molar-refractivity contribution in [2.45, 2.75) is 6.54 Å². The molecule has 1 aliphatic rings. The van der Waals surface area contributed by atoms with Crippen LogP contribution in [-0.2, 0) is 13.6 Å². The van der Waals surface area contributed by atoms with E-state index >= 15 is 0 Å². The van der Waals surface area contributed by atoms with Crippen LogP contribution >= 0.6 is 11.3 Å². The van der Waals surface area contributed by atoms with Gasteiger partial charge in [0.15, 0.2) is 0 Å². The lowest BCUT2D eigenvalue weighted by Gasteiger charge is -2.27. The fourth-order valence-electron chi connectivity index (χ4n) is 4.62. The number of thiazole rings is 1. The number of rotatable bonds is 4. The molecule has 0 saturated heterocycles. The molecule has 0 unspecified atom stereocenters. The number of fused-ring (bicyclic) bond motifs is 2. The van der Waals surface area contributed by atoms with Crippen molar-refractivity contribution in [3.05, 3.63) is 125 Å². The highest BCUT2D eigenvalue weighted by atomic mass is 32.1. The molecule has 1 N–H and O–H groups in total. The Kier molecular flexibility index (Phi) is 5.44. The van der Waals surface area contributed by atoms with Gasteiger partial charge in [0, 0.05) is 36.1 Å². The average molecular weight is 474 g/mol. The van der Waals surface area contributed by atoms with E-state index in [1.807, 2.05) is 12.1 Å². The summed E-state index contributed by atoms with van der Waals surface area (Å²) in [7, 11) is 2.13. The zero-order valence-electron chi connectivity index (χ0n) is 19.4. The Morgan fingerprint density at radius 1 is 0.857 bits per heavy atom. The molecule has 0 radical (unpaired) electrons. The minimum Gasteiger partial charge on any atom is -0.508 e. The van der Waals surface area contributed by atoms with Crippen molar-refractivity contribution < 1.29 is 9.67 Å². The molecule has 2 heterocycles. The number of aryl methyl sites for hydroxylation is 1. The van der Waals surface area contributed by atoms with Gasteiger partial charge in [-0.3, -0.25) is 0 Å². The Morgan fingerprint density at radius 3 is 2.43 bits per heavy atom. The average Bonchev–Trinajstić information content (AvgIpc) is 3.21. The zero-order chi connectivity index (χ0) is 23.8. The van der Waals surface area contributed by atoms with Crippen molar-refractivity contribution in [3.63, 3.8) is 0 Å². The van der Waals surface area contributed by atoms with Gasteiger partial charge in [-0.1, -0.05) is 72.0 Å². The summed E-state index contributed by atoms with van der Waals surface area (Å²) < 4.78 is 3.50. The van der Waals surface area contributed by atoms with Crippen molar-refractivity contribution in [3.8, 4) is 16.9 Å². The molecule has 35 heavy (non-hydrogen) atoms. The maximum Gasteiger partial charge on any atom is 0.263 e. The van der Waals surface area contributed by atoms with E-state index in [-0.39, 0.29) is 5.75 Å². The summed E-state index contributed by atoms with van der Waals surface area (Å²) in [5, 5.41) is 10.8.